The summed E-state index contributed by atoms with van der Waals surface area (Å²) in [7, 11) is 4.64. The lowest BCUT2D eigenvalue weighted by atomic mass is 9.95. The lowest BCUT2D eigenvalue weighted by Crippen LogP contribution is -2.40. The van der Waals surface area contributed by atoms with Crippen molar-refractivity contribution >= 4 is 55.2 Å². The van der Waals surface area contributed by atoms with Crippen LogP contribution in [0.2, 0.25) is 0 Å². The first kappa shape index (κ1) is 27.2. The van der Waals surface area contributed by atoms with Crippen molar-refractivity contribution in [2.24, 2.45) is 4.99 Å². The Morgan fingerprint density at radius 3 is 2.41 bits per heavy atom. The number of ether oxygens (including phenoxy) is 4. The molecular formula is C26H24Br2N2O6S. The Morgan fingerprint density at radius 2 is 1.76 bits per heavy atom. The van der Waals surface area contributed by atoms with Crippen LogP contribution in [0, 0.1) is 0 Å². The number of fused-ring (bicyclic) bond motifs is 1. The molecule has 0 fully saturated rings. The fourth-order valence-corrected chi connectivity index (χ4v) is 6.08. The van der Waals surface area contributed by atoms with Gasteiger partial charge in [-0.2, -0.15) is 0 Å². The van der Waals surface area contributed by atoms with Gasteiger partial charge in [0, 0.05) is 14.5 Å². The quantitative estimate of drug-likeness (QED) is 0.353. The number of hydrogen-bond donors (Lipinski definition) is 0. The number of methoxy groups -OCH3 is 3. The summed E-state index contributed by atoms with van der Waals surface area (Å²) >= 11 is 8.31. The van der Waals surface area contributed by atoms with Crippen molar-refractivity contribution < 1.29 is 23.7 Å². The second-order valence-corrected chi connectivity index (χ2v) is 10.7. The van der Waals surface area contributed by atoms with Crippen LogP contribution in [0.3, 0.4) is 0 Å². The zero-order valence-electron chi connectivity index (χ0n) is 20.8. The van der Waals surface area contributed by atoms with E-state index < -0.39 is 12.0 Å². The first-order valence-electron chi connectivity index (χ1n) is 11.2. The summed E-state index contributed by atoms with van der Waals surface area (Å²) in [4.78, 5) is 32.1. The average Bonchev–Trinajstić information content (AvgIpc) is 3.17. The van der Waals surface area contributed by atoms with E-state index in [1.807, 2.05) is 18.2 Å². The topological polar surface area (TPSA) is 88.4 Å². The number of carbonyl (C=O) groups excluding carboxylic acids is 1. The molecule has 0 unspecified atom stereocenters. The molecule has 11 heteroatoms. The minimum Gasteiger partial charge on any atom is -0.496 e. The maximum atomic E-state index is 13.9. The van der Waals surface area contributed by atoms with Gasteiger partial charge in [-0.25, -0.2) is 9.79 Å². The van der Waals surface area contributed by atoms with Gasteiger partial charge in [0.25, 0.3) is 5.56 Å². The standard InChI is InChI=1S/C26H24Br2N2O6S/c1-6-36-25(32)22-13(2)29-26-30(23(22)16-11-19(34-4)20(35-5)12-17(16)28)24(31)21(37-26)10-14-9-15(27)7-8-18(14)33-3/h7-12,23H,6H2,1-5H3/b21-10-/t23-/m1/s1. The van der Waals surface area contributed by atoms with Crippen molar-refractivity contribution in [2.45, 2.75) is 19.9 Å². The second-order valence-electron chi connectivity index (χ2n) is 7.92. The van der Waals surface area contributed by atoms with E-state index in [1.165, 1.54) is 30.1 Å². The van der Waals surface area contributed by atoms with Crippen molar-refractivity contribution in [3.8, 4) is 17.2 Å². The summed E-state index contributed by atoms with van der Waals surface area (Å²) in [5.41, 5.74) is 1.80. The Balaban J connectivity index is 2.03. The van der Waals surface area contributed by atoms with Crippen LogP contribution < -0.4 is 29.1 Å². The van der Waals surface area contributed by atoms with Gasteiger partial charge in [-0.15, -0.1) is 0 Å². The van der Waals surface area contributed by atoms with Gasteiger partial charge in [-0.3, -0.25) is 9.36 Å². The molecule has 0 aliphatic carbocycles. The van der Waals surface area contributed by atoms with Gasteiger partial charge in [-0.05, 0) is 55.8 Å². The van der Waals surface area contributed by atoms with Crippen molar-refractivity contribution in [3.63, 3.8) is 0 Å². The third kappa shape index (κ3) is 5.12. The zero-order chi connectivity index (χ0) is 26.9. The lowest BCUT2D eigenvalue weighted by Gasteiger charge is -2.26. The van der Waals surface area contributed by atoms with E-state index >= 15 is 0 Å². The van der Waals surface area contributed by atoms with Crippen LogP contribution in [-0.4, -0.2) is 38.5 Å². The molecule has 1 aromatic heterocycles. The van der Waals surface area contributed by atoms with E-state index in [1.54, 1.807) is 39.2 Å². The zero-order valence-corrected chi connectivity index (χ0v) is 24.7. The molecule has 8 nitrogen and oxygen atoms in total. The van der Waals surface area contributed by atoms with E-state index in [4.69, 9.17) is 18.9 Å². The van der Waals surface area contributed by atoms with Gasteiger partial charge < -0.3 is 18.9 Å². The Bertz CT molecular complexity index is 1590. The third-order valence-electron chi connectivity index (χ3n) is 5.79. The molecule has 37 heavy (non-hydrogen) atoms. The Morgan fingerprint density at radius 1 is 1.08 bits per heavy atom. The number of rotatable bonds is 7. The van der Waals surface area contributed by atoms with Crippen LogP contribution in [0.5, 0.6) is 17.2 Å². The molecule has 0 spiro atoms. The summed E-state index contributed by atoms with van der Waals surface area (Å²) in [6, 6.07) is 8.24. The number of benzene rings is 2. The minimum absolute atomic E-state index is 0.183. The molecule has 1 atom stereocenters. The van der Waals surface area contributed by atoms with Crippen LogP contribution in [-0.2, 0) is 9.53 Å². The van der Waals surface area contributed by atoms with Crippen molar-refractivity contribution in [2.75, 3.05) is 27.9 Å². The van der Waals surface area contributed by atoms with Crippen LogP contribution >= 0.6 is 43.2 Å². The molecule has 0 saturated heterocycles. The van der Waals surface area contributed by atoms with Crippen LogP contribution in [0.15, 0.2) is 60.3 Å². The molecule has 0 amide bonds. The Kier molecular flexibility index (Phi) is 8.25. The summed E-state index contributed by atoms with van der Waals surface area (Å²) in [5.74, 6) is 1.04. The smallest absolute Gasteiger partial charge is 0.338 e. The predicted molar refractivity (Wildman–Crippen MR) is 148 cm³/mol. The van der Waals surface area contributed by atoms with E-state index in [9.17, 15) is 9.59 Å². The number of esters is 1. The lowest BCUT2D eigenvalue weighted by molar-refractivity contribution is -0.139. The number of thiazole rings is 1. The van der Waals surface area contributed by atoms with Crippen LogP contribution in [0.25, 0.3) is 6.08 Å². The van der Waals surface area contributed by atoms with E-state index in [0.717, 1.165) is 10.0 Å². The number of hydrogen-bond acceptors (Lipinski definition) is 8. The number of aromatic nitrogens is 1. The first-order chi connectivity index (χ1) is 17.7. The molecule has 3 aromatic rings. The van der Waals surface area contributed by atoms with E-state index in [2.05, 4.69) is 36.9 Å². The highest BCUT2D eigenvalue weighted by molar-refractivity contribution is 9.10. The van der Waals surface area contributed by atoms with Gasteiger partial charge in [-0.1, -0.05) is 43.2 Å². The molecule has 0 saturated carbocycles. The molecule has 1 aliphatic heterocycles. The SMILES string of the molecule is CCOC(=O)C1=C(C)N=c2s/c(=C\c3cc(Br)ccc3OC)c(=O)n2[C@@H]1c1cc(OC)c(OC)cc1Br. The molecule has 0 bridgehead atoms. The maximum absolute atomic E-state index is 13.9. The number of carbonyl (C=O) groups is 1. The van der Waals surface area contributed by atoms with Crippen LogP contribution in [0.1, 0.15) is 31.0 Å². The van der Waals surface area contributed by atoms with Gasteiger partial charge in [0.05, 0.1) is 49.8 Å². The maximum Gasteiger partial charge on any atom is 0.338 e. The average molecular weight is 652 g/mol. The van der Waals surface area contributed by atoms with Gasteiger partial charge in [0.2, 0.25) is 0 Å². The second kappa shape index (κ2) is 11.2. The first-order valence-corrected chi connectivity index (χ1v) is 13.6. The molecule has 0 N–H and O–H groups in total. The van der Waals surface area contributed by atoms with Gasteiger partial charge in [0.1, 0.15) is 5.75 Å². The third-order valence-corrected chi connectivity index (χ3v) is 7.96. The Hall–Kier alpha value is -2.89. The highest BCUT2D eigenvalue weighted by Crippen LogP contribution is 2.40. The highest BCUT2D eigenvalue weighted by atomic mass is 79.9. The number of allylic oxidation sites excluding steroid dienone is 1. The molecular weight excluding hydrogens is 628 g/mol. The Labute approximate surface area is 234 Å². The van der Waals surface area contributed by atoms with Crippen molar-refractivity contribution in [1.82, 2.24) is 4.57 Å². The highest BCUT2D eigenvalue weighted by Gasteiger charge is 2.35. The summed E-state index contributed by atoms with van der Waals surface area (Å²) in [5, 5.41) is 0. The fraction of sp³-hybridized carbons (Fsp3) is 0.269. The molecule has 0 radical (unpaired) electrons. The predicted octanol–water partition coefficient (Wildman–Crippen LogP) is 4.35. The largest absolute Gasteiger partial charge is 0.496 e. The summed E-state index contributed by atoms with van der Waals surface area (Å²) in [6.45, 7) is 3.65. The molecule has 4 rings (SSSR count). The minimum atomic E-state index is -0.809. The molecule has 1 aliphatic rings. The van der Waals surface area contributed by atoms with Crippen molar-refractivity contribution in [3.05, 3.63) is 81.4 Å². The normalized spacial score (nSPS) is 15.2. The van der Waals surface area contributed by atoms with E-state index in [0.29, 0.717) is 42.3 Å². The van der Waals surface area contributed by atoms with E-state index in [-0.39, 0.29) is 17.7 Å². The van der Waals surface area contributed by atoms with Crippen molar-refractivity contribution in [1.29, 1.82) is 0 Å². The number of halogens is 2. The molecule has 194 valence electrons. The van der Waals surface area contributed by atoms with Crippen LogP contribution in [0.4, 0.5) is 0 Å². The molecule has 2 aromatic carbocycles. The monoisotopic (exact) mass is 650 g/mol. The summed E-state index contributed by atoms with van der Waals surface area (Å²) in [6.07, 6.45) is 1.76. The van der Waals surface area contributed by atoms with Gasteiger partial charge in [0.15, 0.2) is 16.3 Å². The summed E-state index contributed by atoms with van der Waals surface area (Å²) < 4.78 is 25.2. The fourth-order valence-electron chi connectivity index (χ4n) is 4.12. The molecule has 2 heterocycles. The van der Waals surface area contributed by atoms with Gasteiger partial charge >= 0.3 is 5.97 Å². The number of nitrogens with zero attached hydrogens (tertiary/aromatic N) is 2.